The van der Waals surface area contributed by atoms with E-state index in [0.717, 1.165) is 41.6 Å². The van der Waals surface area contributed by atoms with Gasteiger partial charge in [-0.3, -0.25) is 4.79 Å². The third kappa shape index (κ3) is 6.64. The zero-order valence-corrected chi connectivity index (χ0v) is 20.4. The number of hydrogen-bond acceptors (Lipinski definition) is 5. The van der Waals surface area contributed by atoms with Crippen molar-refractivity contribution in [3.8, 4) is 5.75 Å². The molecule has 9 heteroatoms. The average Bonchev–Trinajstić information content (AvgIpc) is 3.18. The zero-order valence-electron chi connectivity index (χ0n) is 18.1. The second kappa shape index (κ2) is 12.1. The summed E-state index contributed by atoms with van der Waals surface area (Å²) in [5, 5.41) is 13.4. The van der Waals surface area contributed by atoms with Crippen LogP contribution in [0.3, 0.4) is 0 Å². The highest BCUT2D eigenvalue weighted by atomic mass is 35.5. The molecule has 0 spiro atoms. The molecule has 170 valence electrons. The number of rotatable bonds is 11. The van der Waals surface area contributed by atoms with Crippen molar-refractivity contribution in [2.45, 2.75) is 44.8 Å². The van der Waals surface area contributed by atoms with Crippen molar-refractivity contribution in [2.75, 3.05) is 17.7 Å². The summed E-state index contributed by atoms with van der Waals surface area (Å²) in [6.07, 6.45) is 2.34. The monoisotopic (exact) mass is 492 g/mol. The van der Waals surface area contributed by atoms with Crippen LogP contribution in [0.15, 0.2) is 47.6 Å². The number of hydrogen-bond donors (Lipinski definition) is 1. The molecule has 0 bridgehead atoms. The molecule has 0 radical (unpaired) electrons. The van der Waals surface area contributed by atoms with Gasteiger partial charge in [-0.05, 0) is 49.6 Å². The molecule has 0 fully saturated rings. The van der Waals surface area contributed by atoms with Crippen LogP contribution in [0.25, 0.3) is 0 Å². The summed E-state index contributed by atoms with van der Waals surface area (Å²) in [6, 6.07) is 13.0. The van der Waals surface area contributed by atoms with Crippen molar-refractivity contribution in [1.29, 1.82) is 0 Å². The van der Waals surface area contributed by atoms with Crippen molar-refractivity contribution < 1.29 is 9.53 Å². The van der Waals surface area contributed by atoms with Crippen LogP contribution >= 0.6 is 35.0 Å². The Hall–Kier alpha value is -2.22. The maximum absolute atomic E-state index is 12.4. The molecule has 1 heterocycles. The van der Waals surface area contributed by atoms with Gasteiger partial charge in [0.15, 0.2) is 5.16 Å². The third-order valence-corrected chi connectivity index (χ3v) is 6.31. The van der Waals surface area contributed by atoms with Crippen LogP contribution in [0, 0.1) is 0 Å². The second-order valence-electron chi connectivity index (χ2n) is 7.02. The Labute approximate surface area is 202 Å². The van der Waals surface area contributed by atoms with E-state index in [1.807, 2.05) is 35.8 Å². The molecule has 1 amide bonds. The van der Waals surface area contributed by atoms with Gasteiger partial charge in [-0.2, -0.15) is 0 Å². The number of amides is 1. The van der Waals surface area contributed by atoms with E-state index in [2.05, 4.69) is 22.4 Å². The Morgan fingerprint density at radius 3 is 2.72 bits per heavy atom. The normalized spacial score (nSPS) is 10.9. The maximum atomic E-state index is 12.4. The smallest absolute Gasteiger partial charge is 0.234 e. The first-order chi connectivity index (χ1) is 15.5. The van der Waals surface area contributed by atoms with Crippen LogP contribution < -0.4 is 10.1 Å². The summed E-state index contributed by atoms with van der Waals surface area (Å²) < 4.78 is 7.78. The van der Waals surface area contributed by atoms with E-state index in [1.54, 1.807) is 18.2 Å². The van der Waals surface area contributed by atoms with Crippen LogP contribution in [0.4, 0.5) is 5.69 Å². The lowest BCUT2D eigenvalue weighted by Gasteiger charge is -2.10. The number of aromatic nitrogens is 3. The van der Waals surface area contributed by atoms with Gasteiger partial charge in [0, 0.05) is 23.7 Å². The lowest BCUT2D eigenvalue weighted by molar-refractivity contribution is -0.113. The van der Waals surface area contributed by atoms with Gasteiger partial charge < -0.3 is 14.6 Å². The molecule has 0 saturated heterocycles. The number of para-hydroxylation sites is 1. The third-order valence-electron chi connectivity index (χ3n) is 4.81. The fourth-order valence-electron chi connectivity index (χ4n) is 3.20. The number of benzene rings is 2. The number of aryl methyl sites for hydroxylation is 2. The summed E-state index contributed by atoms with van der Waals surface area (Å²) in [6.45, 7) is 5.34. The number of thioether (sulfide) groups is 1. The highest BCUT2D eigenvalue weighted by molar-refractivity contribution is 7.99. The highest BCUT2D eigenvalue weighted by Gasteiger charge is 2.14. The predicted molar refractivity (Wildman–Crippen MR) is 131 cm³/mol. The first-order valence-corrected chi connectivity index (χ1v) is 12.3. The topological polar surface area (TPSA) is 69.0 Å². The van der Waals surface area contributed by atoms with Crippen molar-refractivity contribution >= 4 is 46.6 Å². The lowest BCUT2D eigenvalue weighted by Crippen LogP contribution is -2.16. The molecule has 0 atom stereocenters. The molecular weight excluding hydrogens is 467 g/mol. The molecule has 0 saturated carbocycles. The van der Waals surface area contributed by atoms with E-state index >= 15 is 0 Å². The maximum Gasteiger partial charge on any atom is 0.234 e. The molecule has 3 aromatic rings. The van der Waals surface area contributed by atoms with E-state index < -0.39 is 0 Å². The highest BCUT2D eigenvalue weighted by Crippen LogP contribution is 2.27. The molecule has 1 N–H and O–H groups in total. The van der Waals surface area contributed by atoms with Gasteiger partial charge in [-0.1, -0.05) is 60.1 Å². The van der Waals surface area contributed by atoms with Crippen molar-refractivity contribution in [3.05, 3.63) is 63.9 Å². The number of halogens is 2. The lowest BCUT2D eigenvalue weighted by atomic mass is 10.1. The summed E-state index contributed by atoms with van der Waals surface area (Å²) >= 11 is 13.4. The largest absolute Gasteiger partial charge is 0.492 e. The van der Waals surface area contributed by atoms with E-state index in [9.17, 15) is 4.79 Å². The summed E-state index contributed by atoms with van der Waals surface area (Å²) in [5.41, 5.74) is 1.98. The van der Waals surface area contributed by atoms with Gasteiger partial charge in [-0.25, -0.2) is 0 Å². The Balaban J connectivity index is 1.50. The molecular formula is C23H26Cl2N4O2S. The summed E-state index contributed by atoms with van der Waals surface area (Å²) in [4.78, 5) is 12.4. The van der Waals surface area contributed by atoms with Crippen LogP contribution in [0.1, 0.15) is 31.7 Å². The predicted octanol–water partition coefficient (Wildman–Crippen LogP) is 5.91. The molecule has 1 aromatic heterocycles. The minimum atomic E-state index is -0.0589. The average molecular weight is 493 g/mol. The number of nitrogens with zero attached hydrogens (tertiary/aromatic N) is 3. The molecule has 0 aliphatic rings. The molecule has 0 aliphatic heterocycles. The fraction of sp³-hybridized carbons (Fsp3) is 0.348. The molecule has 0 aliphatic carbocycles. The van der Waals surface area contributed by atoms with E-state index in [4.69, 9.17) is 27.9 Å². The van der Waals surface area contributed by atoms with Crippen molar-refractivity contribution in [2.24, 2.45) is 0 Å². The zero-order chi connectivity index (χ0) is 22.9. The van der Waals surface area contributed by atoms with E-state index in [-0.39, 0.29) is 11.7 Å². The van der Waals surface area contributed by atoms with Gasteiger partial charge in [0.25, 0.3) is 0 Å². The van der Waals surface area contributed by atoms with Crippen molar-refractivity contribution in [3.63, 3.8) is 0 Å². The number of anilines is 1. The van der Waals surface area contributed by atoms with Crippen molar-refractivity contribution in [1.82, 2.24) is 14.8 Å². The Morgan fingerprint density at radius 2 is 1.97 bits per heavy atom. The van der Waals surface area contributed by atoms with E-state index in [0.29, 0.717) is 28.8 Å². The minimum absolute atomic E-state index is 0.0589. The first-order valence-electron chi connectivity index (χ1n) is 10.5. The van der Waals surface area contributed by atoms with Crippen LogP contribution in [0.5, 0.6) is 5.75 Å². The van der Waals surface area contributed by atoms with Crippen LogP contribution in [-0.4, -0.2) is 33.0 Å². The SMILES string of the molecule is CCc1ccccc1NC(=O)CSc1nnc(CCCOc2ccc(Cl)cc2Cl)n1CC. The second-order valence-corrected chi connectivity index (χ2v) is 8.80. The summed E-state index contributed by atoms with van der Waals surface area (Å²) in [7, 11) is 0. The fourth-order valence-corrected chi connectivity index (χ4v) is 4.48. The quantitative estimate of drug-likeness (QED) is 0.266. The van der Waals surface area contributed by atoms with Gasteiger partial charge in [0.1, 0.15) is 11.6 Å². The number of carbonyl (C=O) groups is 1. The molecule has 2 aromatic carbocycles. The first kappa shape index (κ1) is 24.4. The Morgan fingerprint density at radius 1 is 1.16 bits per heavy atom. The number of nitrogens with one attached hydrogen (secondary N) is 1. The van der Waals surface area contributed by atoms with E-state index in [1.165, 1.54) is 11.8 Å². The van der Waals surface area contributed by atoms with Gasteiger partial charge in [-0.15, -0.1) is 10.2 Å². The molecule has 3 rings (SSSR count). The van der Waals surface area contributed by atoms with Gasteiger partial charge >= 0.3 is 0 Å². The van der Waals surface area contributed by atoms with Gasteiger partial charge in [0.05, 0.1) is 17.4 Å². The number of ether oxygens (including phenoxy) is 1. The molecule has 0 unspecified atom stereocenters. The molecule has 6 nitrogen and oxygen atoms in total. The molecule has 32 heavy (non-hydrogen) atoms. The number of carbonyl (C=O) groups excluding carboxylic acids is 1. The van der Waals surface area contributed by atoms with Crippen LogP contribution in [-0.2, 0) is 24.2 Å². The standard InChI is InChI=1S/C23H26Cl2N4O2S/c1-3-16-8-5-6-9-19(16)26-22(30)15-32-23-28-27-21(29(23)4-2)10-7-13-31-20-12-11-17(24)14-18(20)25/h5-6,8-9,11-12,14H,3-4,7,10,13,15H2,1-2H3,(H,26,30). The Bertz CT molecular complexity index is 1060. The van der Waals surface area contributed by atoms with Gasteiger partial charge in [0.2, 0.25) is 5.91 Å². The van der Waals surface area contributed by atoms with Crippen LogP contribution in [0.2, 0.25) is 10.0 Å². The summed E-state index contributed by atoms with van der Waals surface area (Å²) in [5.74, 6) is 1.70. The minimum Gasteiger partial charge on any atom is -0.492 e. The Kier molecular flexibility index (Phi) is 9.26.